The molecule has 1 saturated heterocycles. The molecule has 1 unspecified atom stereocenters. The molecule has 8 heteroatoms. The predicted octanol–water partition coefficient (Wildman–Crippen LogP) is -0.212. The van der Waals surface area contributed by atoms with E-state index in [-0.39, 0.29) is 18.9 Å². The molecule has 1 aliphatic heterocycles. The van der Waals surface area contributed by atoms with Gasteiger partial charge in [-0.1, -0.05) is 0 Å². The minimum atomic E-state index is -0.984. The lowest BCUT2D eigenvalue weighted by Crippen LogP contribution is -2.52. The van der Waals surface area contributed by atoms with E-state index in [0.29, 0.717) is 26.1 Å². The van der Waals surface area contributed by atoms with Gasteiger partial charge in [0.15, 0.2) is 0 Å². The quantitative estimate of drug-likeness (QED) is 0.564. The summed E-state index contributed by atoms with van der Waals surface area (Å²) >= 11 is 0. The van der Waals surface area contributed by atoms with Crippen molar-refractivity contribution < 1.29 is 24.2 Å². The number of carbonyl (C=O) groups is 3. The normalized spacial score (nSPS) is 18.1. The van der Waals surface area contributed by atoms with Crippen LogP contribution in [0.3, 0.4) is 0 Å². The van der Waals surface area contributed by atoms with Gasteiger partial charge in [-0.3, -0.25) is 4.79 Å². The second-order valence-corrected chi connectivity index (χ2v) is 4.87. The number of carboxylic acids is 1. The van der Waals surface area contributed by atoms with Crippen molar-refractivity contribution in [2.45, 2.75) is 31.7 Å². The molecule has 0 aromatic rings. The number of rotatable bonds is 7. The minimum absolute atomic E-state index is 0.154. The maximum atomic E-state index is 12.0. The number of hydrogen-bond acceptors (Lipinski definition) is 4. The molecule has 0 radical (unpaired) electrons. The van der Waals surface area contributed by atoms with Crippen LogP contribution in [0.15, 0.2) is 0 Å². The lowest BCUT2D eigenvalue weighted by Gasteiger charge is -2.32. The smallest absolute Gasteiger partial charge is 0.326 e. The van der Waals surface area contributed by atoms with Gasteiger partial charge in [-0.25, -0.2) is 9.59 Å². The molecule has 3 amide bonds. The molecule has 1 heterocycles. The van der Waals surface area contributed by atoms with Gasteiger partial charge >= 0.3 is 12.0 Å². The molecule has 0 saturated carbocycles. The third kappa shape index (κ3) is 5.99. The minimum Gasteiger partial charge on any atom is -0.480 e. The molecule has 0 aromatic carbocycles. The Balaban J connectivity index is 2.29. The number of carbonyl (C=O) groups excluding carboxylic acids is 2. The SMILES string of the molecule is COCCNC(=O)CCNC(=O)N1CCCCC1C(=O)O. The number of methoxy groups -OCH3 is 1. The average molecular weight is 301 g/mol. The maximum absolute atomic E-state index is 12.0. The van der Waals surface area contributed by atoms with E-state index >= 15 is 0 Å². The van der Waals surface area contributed by atoms with Crippen molar-refractivity contribution in [3.63, 3.8) is 0 Å². The fourth-order valence-electron chi connectivity index (χ4n) is 2.20. The summed E-state index contributed by atoms with van der Waals surface area (Å²) in [5.41, 5.74) is 0. The zero-order valence-corrected chi connectivity index (χ0v) is 12.3. The standard InChI is InChI=1S/C13H23N3O5/c1-21-9-7-14-11(17)5-6-15-13(20)16-8-3-2-4-10(16)12(18)19/h10H,2-9H2,1H3,(H,14,17)(H,15,20)(H,18,19). The Kier molecular flexibility index (Phi) is 7.52. The van der Waals surface area contributed by atoms with Gasteiger partial charge in [-0.15, -0.1) is 0 Å². The fourth-order valence-corrected chi connectivity index (χ4v) is 2.20. The molecule has 0 aliphatic carbocycles. The highest BCUT2D eigenvalue weighted by Crippen LogP contribution is 2.17. The molecule has 3 N–H and O–H groups in total. The van der Waals surface area contributed by atoms with Crippen molar-refractivity contribution >= 4 is 17.9 Å². The van der Waals surface area contributed by atoms with Crippen LogP contribution >= 0.6 is 0 Å². The van der Waals surface area contributed by atoms with E-state index in [1.807, 2.05) is 0 Å². The van der Waals surface area contributed by atoms with E-state index in [1.54, 1.807) is 7.11 Å². The number of ether oxygens (including phenoxy) is 1. The molecule has 1 atom stereocenters. The monoisotopic (exact) mass is 301 g/mol. The van der Waals surface area contributed by atoms with Crippen LogP contribution in [0.2, 0.25) is 0 Å². The second-order valence-electron chi connectivity index (χ2n) is 4.87. The van der Waals surface area contributed by atoms with Crippen molar-refractivity contribution in [1.82, 2.24) is 15.5 Å². The number of urea groups is 1. The number of nitrogens with one attached hydrogen (secondary N) is 2. The van der Waals surface area contributed by atoms with Crippen LogP contribution in [0.1, 0.15) is 25.7 Å². The van der Waals surface area contributed by atoms with Crippen LogP contribution in [0.4, 0.5) is 4.79 Å². The third-order valence-electron chi connectivity index (χ3n) is 3.31. The second kappa shape index (κ2) is 9.17. The number of aliphatic carboxylic acids is 1. The number of hydrogen-bond donors (Lipinski definition) is 3. The molecule has 21 heavy (non-hydrogen) atoms. The zero-order chi connectivity index (χ0) is 15.7. The largest absolute Gasteiger partial charge is 0.480 e. The average Bonchev–Trinajstić information content (AvgIpc) is 2.47. The van der Waals surface area contributed by atoms with Crippen LogP contribution in [-0.4, -0.2) is 67.3 Å². The van der Waals surface area contributed by atoms with Gasteiger partial charge in [0.2, 0.25) is 5.91 Å². The summed E-state index contributed by atoms with van der Waals surface area (Å²) in [7, 11) is 1.55. The molecule has 1 fully saturated rings. The van der Waals surface area contributed by atoms with Crippen molar-refractivity contribution in [1.29, 1.82) is 0 Å². The summed E-state index contributed by atoms with van der Waals surface area (Å²) in [4.78, 5) is 35.8. The van der Waals surface area contributed by atoms with E-state index in [4.69, 9.17) is 9.84 Å². The number of amides is 3. The number of likely N-dealkylation sites (tertiary alicyclic amines) is 1. The van der Waals surface area contributed by atoms with E-state index < -0.39 is 18.0 Å². The van der Waals surface area contributed by atoms with Crippen LogP contribution in [0.5, 0.6) is 0 Å². The Bertz CT molecular complexity index is 375. The van der Waals surface area contributed by atoms with Crippen LogP contribution < -0.4 is 10.6 Å². The molecular formula is C13H23N3O5. The van der Waals surface area contributed by atoms with Gasteiger partial charge in [0.1, 0.15) is 6.04 Å². The van der Waals surface area contributed by atoms with Crippen molar-refractivity contribution in [3.05, 3.63) is 0 Å². The van der Waals surface area contributed by atoms with E-state index in [9.17, 15) is 14.4 Å². The molecule has 1 rings (SSSR count). The van der Waals surface area contributed by atoms with Gasteiger partial charge in [0.05, 0.1) is 6.61 Å². The molecule has 0 bridgehead atoms. The Labute approximate surface area is 123 Å². The lowest BCUT2D eigenvalue weighted by atomic mass is 10.0. The Morgan fingerprint density at radius 2 is 2.00 bits per heavy atom. The van der Waals surface area contributed by atoms with Gasteiger partial charge in [0.25, 0.3) is 0 Å². The third-order valence-corrected chi connectivity index (χ3v) is 3.31. The topological polar surface area (TPSA) is 108 Å². The van der Waals surface area contributed by atoms with Crippen molar-refractivity contribution in [2.24, 2.45) is 0 Å². The van der Waals surface area contributed by atoms with Gasteiger partial charge in [0, 0.05) is 33.2 Å². The summed E-state index contributed by atoms with van der Waals surface area (Å²) in [6.07, 6.45) is 2.23. The number of carboxylic acid groups (broad SMARTS) is 1. The Morgan fingerprint density at radius 3 is 2.67 bits per heavy atom. The van der Waals surface area contributed by atoms with Crippen LogP contribution in [-0.2, 0) is 14.3 Å². The molecule has 8 nitrogen and oxygen atoms in total. The van der Waals surface area contributed by atoms with Gasteiger partial charge in [-0.05, 0) is 19.3 Å². The molecule has 120 valence electrons. The van der Waals surface area contributed by atoms with E-state index in [0.717, 1.165) is 12.8 Å². The first kappa shape index (κ1) is 17.2. The summed E-state index contributed by atoms with van der Waals surface area (Å²) in [5.74, 6) is -1.16. The summed E-state index contributed by atoms with van der Waals surface area (Å²) in [6.45, 7) is 1.48. The first-order chi connectivity index (χ1) is 10.1. The van der Waals surface area contributed by atoms with Gasteiger partial charge in [-0.2, -0.15) is 0 Å². The Morgan fingerprint density at radius 1 is 1.24 bits per heavy atom. The highest BCUT2D eigenvalue weighted by atomic mass is 16.5. The first-order valence-electron chi connectivity index (χ1n) is 7.09. The van der Waals surface area contributed by atoms with E-state index in [1.165, 1.54) is 4.90 Å². The van der Waals surface area contributed by atoms with Crippen LogP contribution in [0.25, 0.3) is 0 Å². The first-order valence-corrected chi connectivity index (χ1v) is 7.09. The van der Waals surface area contributed by atoms with Crippen molar-refractivity contribution in [3.8, 4) is 0 Å². The molecule has 1 aliphatic rings. The zero-order valence-electron chi connectivity index (χ0n) is 12.3. The predicted molar refractivity (Wildman–Crippen MR) is 74.9 cm³/mol. The summed E-state index contributed by atoms with van der Waals surface area (Å²) in [5, 5.41) is 14.3. The summed E-state index contributed by atoms with van der Waals surface area (Å²) < 4.78 is 4.80. The lowest BCUT2D eigenvalue weighted by molar-refractivity contribution is -0.143. The highest BCUT2D eigenvalue weighted by molar-refractivity contribution is 5.83. The summed E-state index contributed by atoms with van der Waals surface area (Å²) in [6, 6.07) is -1.19. The Hall–Kier alpha value is -1.83. The fraction of sp³-hybridized carbons (Fsp3) is 0.769. The van der Waals surface area contributed by atoms with Crippen LogP contribution in [0, 0.1) is 0 Å². The molecular weight excluding hydrogens is 278 g/mol. The van der Waals surface area contributed by atoms with Gasteiger partial charge < -0.3 is 25.4 Å². The highest BCUT2D eigenvalue weighted by Gasteiger charge is 2.31. The molecule has 0 spiro atoms. The van der Waals surface area contributed by atoms with Crippen molar-refractivity contribution in [2.75, 3.05) is 33.4 Å². The maximum Gasteiger partial charge on any atom is 0.326 e. The van der Waals surface area contributed by atoms with E-state index in [2.05, 4.69) is 10.6 Å². The number of nitrogens with zero attached hydrogens (tertiary/aromatic N) is 1. The number of piperidine rings is 1. The molecule has 0 aromatic heterocycles.